The Hall–Kier alpha value is -1.90. The number of rotatable bonds is 5. The molecule has 0 spiro atoms. The molecular weight excluding hydrogens is 292 g/mol. The summed E-state index contributed by atoms with van der Waals surface area (Å²) in [6, 6.07) is 0. The molecule has 0 aromatic heterocycles. The number of hydrogen-bond donors (Lipinski definition) is 1. The number of carbonyl (C=O) groups excluding carboxylic acids is 2. The van der Waals surface area contributed by atoms with Crippen LogP contribution in [0.15, 0.2) is 10.3 Å². The smallest absolute Gasteiger partial charge is 0.442 e. The molecule has 0 bridgehead atoms. The highest BCUT2D eigenvalue weighted by molar-refractivity contribution is 5.86. The summed E-state index contributed by atoms with van der Waals surface area (Å²) in [7, 11) is 0. The van der Waals surface area contributed by atoms with Crippen LogP contribution in [0.3, 0.4) is 0 Å². The van der Waals surface area contributed by atoms with Crippen molar-refractivity contribution in [2.75, 3.05) is 13.2 Å². The van der Waals surface area contributed by atoms with Crippen LogP contribution in [-0.4, -0.2) is 41.6 Å². The third-order valence-corrected chi connectivity index (χ3v) is 1.82. The molecule has 2 amide bonds. The lowest BCUT2D eigenvalue weighted by Crippen LogP contribution is -2.43. The van der Waals surface area contributed by atoms with E-state index in [0.717, 1.165) is 0 Å². The summed E-state index contributed by atoms with van der Waals surface area (Å²) in [6.07, 6.45) is -1.47. The fourth-order valence-electron chi connectivity index (χ4n) is 1.14. The van der Waals surface area contributed by atoms with Crippen molar-refractivity contribution in [3.05, 3.63) is 0 Å². The Labute approximate surface area is 130 Å². The largest absolute Gasteiger partial charge is 0.444 e. The minimum atomic E-state index is -0.942. The highest BCUT2D eigenvalue weighted by atomic mass is 16.8. The average molecular weight is 318 g/mol. The van der Waals surface area contributed by atoms with E-state index >= 15 is 0 Å². The molecule has 9 heteroatoms. The van der Waals surface area contributed by atoms with Gasteiger partial charge in [-0.05, 0) is 48.0 Å². The number of hydroxylamine groups is 2. The normalized spacial score (nSPS) is 12.3. The van der Waals surface area contributed by atoms with Gasteiger partial charge in [0, 0.05) is 0 Å². The standard InChI is InChI=1S/C13H26N4O5/c1-12(2,3)21-10(18)17(11(19)22-13(4,5)6)20-9-7-8-15-16-14/h7-9H2,1-6H3,(H2,14,15). The first-order valence-corrected chi connectivity index (χ1v) is 6.92. The van der Waals surface area contributed by atoms with Crippen LogP contribution in [0.25, 0.3) is 0 Å². The van der Waals surface area contributed by atoms with Gasteiger partial charge >= 0.3 is 12.2 Å². The number of nitrogens with two attached hydrogens (primary N) is 1. The molecule has 0 saturated carbocycles. The van der Waals surface area contributed by atoms with Gasteiger partial charge in [0.1, 0.15) is 11.2 Å². The van der Waals surface area contributed by atoms with Crippen LogP contribution in [-0.2, 0) is 14.3 Å². The summed E-state index contributed by atoms with van der Waals surface area (Å²) in [5.74, 6) is 4.86. The summed E-state index contributed by atoms with van der Waals surface area (Å²) in [6.45, 7) is 10.4. The highest BCUT2D eigenvalue weighted by Gasteiger charge is 2.32. The molecule has 0 aliphatic rings. The predicted molar refractivity (Wildman–Crippen MR) is 78.8 cm³/mol. The van der Waals surface area contributed by atoms with Crippen molar-refractivity contribution in [3.63, 3.8) is 0 Å². The van der Waals surface area contributed by atoms with Crippen LogP contribution in [0.2, 0.25) is 0 Å². The zero-order valence-corrected chi connectivity index (χ0v) is 14.1. The first-order chi connectivity index (χ1) is 9.96. The lowest BCUT2D eigenvalue weighted by molar-refractivity contribution is -0.138. The minimum Gasteiger partial charge on any atom is -0.442 e. The molecule has 9 nitrogen and oxygen atoms in total. The van der Waals surface area contributed by atoms with Gasteiger partial charge in [-0.15, -0.1) is 0 Å². The van der Waals surface area contributed by atoms with Gasteiger partial charge in [0.15, 0.2) is 0 Å². The van der Waals surface area contributed by atoms with Crippen LogP contribution < -0.4 is 5.84 Å². The van der Waals surface area contributed by atoms with E-state index in [-0.39, 0.29) is 6.61 Å². The van der Waals surface area contributed by atoms with Crippen LogP contribution in [0, 0.1) is 0 Å². The summed E-state index contributed by atoms with van der Waals surface area (Å²) in [5.41, 5.74) is -1.54. The molecule has 0 aromatic rings. The Balaban J connectivity index is 4.75. The maximum atomic E-state index is 12.0. The maximum Gasteiger partial charge on any atom is 0.444 e. The van der Waals surface area contributed by atoms with E-state index in [1.165, 1.54) is 0 Å². The number of imide groups is 1. The minimum absolute atomic E-state index is 0.0531. The fourth-order valence-corrected chi connectivity index (χ4v) is 1.14. The lowest BCUT2D eigenvalue weighted by Gasteiger charge is -2.27. The molecular formula is C13H26N4O5. The summed E-state index contributed by atoms with van der Waals surface area (Å²) >= 11 is 0. The van der Waals surface area contributed by atoms with Crippen LogP contribution >= 0.6 is 0 Å². The number of nitrogens with zero attached hydrogens (tertiary/aromatic N) is 3. The van der Waals surface area contributed by atoms with Crippen LogP contribution in [0.1, 0.15) is 48.0 Å². The van der Waals surface area contributed by atoms with Crippen LogP contribution in [0.4, 0.5) is 9.59 Å². The second kappa shape index (κ2) is 8.52. The Kier molecular flexibility index (Phi) is 7.78. The van der Waals surface area contributed by atoms with Crippen molar-refractivity contribution >= 4 is 12.2 Å². The Morgan fingerprint density at radius 3 is 1.82 bits per heavy atom. The molecule has 0 rings (SSSR count). The first-order valence-electron chi connectivity index (χ1n) is 6.92. The zero-order chi connectivity index (χ0) is 17.4. The van der Waals surface area contributed by atoms with Crippen molar-refractivity contribution < 1.29 is 23.9 Å². The number of carbonyl (C=O) groups is 2. The van der Waals surface area contributed by atoms with E-state index in [1.807, 2.05) is 0 Å². The van der Waals surface area contributed by atoms with E-state index in [9.17, 15) is 9.59 Å². The summed E-state index contributed by atoms with van der Waals surface area (Å²) in [4.78, 5) is 29.2. The molecule has 0 fully saturated rings. The molecule has 128 valence electrons. The van der Waals surface area contributed by atoms with E-state index in [2.05, 4.69) is 10.3 Å². The Morgan fingerprint density at radius 2 is 1.45 bits per heavy atom. The maximum absolute atomic E-state index is 12.0. The quantitative estimate of drug-likeness (QED) is 0.360. The van der Waals surface area contributed by atoms with Gasteiger partial charge in [0.2, 0.25) is 0 Å². The molecule has 0 unspecified atom stereocenters. The molecule has 0 aliphatic heterocycles. The van der Waals surface area contributed by atoms with Crippen LogP contribution in [0.5, 0.6) is 0 Å². The Morgan fingerprint density at radius 1 is 1.00 bits per heavy atom. The van der Waals surface area contributed by atoms with Gasteiger partial charge in [-0.3, -0.25) is 4.84 Å². The van der Waals surface area contributed by atoms with E-state index in [4.69, 9.17) is 20.2 Å². The third-order valence-electron chi connectivity index (χ3n) is 1.82. The molecule has 0 aliphatic carbocycles. The molecule has 0 saturated heterocycles. The number of hydrogen-bond acceptors (Lipinski definition) is 7. The summed E-state index contributed by atoms with van der Waals surface area (Å²) < 4.78 is 10.2. The van der Waals surface area contributed by atoms with Gasteiger partial charge in [-0.1, -0.05) is 10.3 Å². The molecule has 22 heavy (non-hydrogen) atoms. The average Bonchev–Trinajstić information content (AvgIpc) is 2.28. The monoisotopic (exact) mass is 318 g/mol. The number of amides is 2. The molecule has 0 aromatic carbocycles. The second-order valence-corrected chi connectivity index (χ2v) is 6.42. The zero-order valence-electron chi connectivity index (χ0n) is 14.1. The molecule has 0 heterocycles. The first kappa shape index (κ1) is 20.1. The molecule has 0 atom stereocenters. The van der Waals surface area contributed by atoms with Crippen molar-refractivity contribution in [3.8, 4) is 0 Å². The van der Waals surface area contributed by atoms with Crippen molar-refractivity contribution in [2.24, 2.45) is 16.2 Å². The van der Waals surface area contributed by atoms with E-state index < -0.39 is 23.4 Å². The lowest BCUT2D eigenvalue weighted by atomic mass is 10.2. The SMILES string of the molecule is CC(C)(C)OC(=O)N(OCCCN=NN)C(=O)OC(C)(C)C. The topological polar surface area (TPSA) is 116 Å². The Bertz CT molecular complexity index is 370. The van der Waals surface area contributed by atoms with Gasteiger partial charge in [-0.2, -0.15) is 5.11 Å². The number of ether oxygens (including phenoxy) is 2. The van der Waals surface area contributed by atoms with Crippen molar-refractivity contribution in [1.29, 1.82) is 0 Å². The van der Waals surface area contributed by atoms with Gasteiger partial charge < -0.3 is 15.3 Å². The second-order valence-electron chi connectivity index (χ2n) is 6.42. The van der Waals surface area contributed by atoms with Crippen molar-refractivity contribution in [1.82, 2.24) is 5.06 Å². The predicted octanol–water partition coefficient (Wildman–Crippen LogP) is 2.81. The summed E-state index contributed by atoms with van der Waals surface area (Å²) in [5, 5.41) is 7.11. The van der Waals surface area contributed by atoms with E-state index in [0.29, 0.717) is 18.0 Å². The van der Waals surface area contributed by atoms with Crippen molar-refractivity contribution in [2.45, 2.75) is 59.2 Å². The van der Waals surface area contributed by atoms with Gasteiger partial charge in [0.05, 0.1) is 13.2 Å². The molecule has 0 radical (unpaired) electrons. The molecule has 2 N–H and O–H groups in total. The van der Waals surface area contributed by atoms with Gasteiger partial charge in [0.25, 0.3) is 0 Å². The highest BCUT2D eigenvalue weighted by Crippen LogP contribution is 2.15. The van der Waals surface area contributed by atoms with Gasteiger partial charge in [-0.25, -0.2) is 9.59 Å². The van der Waals surface area contributed by atoms with E-state index in [1.54, 1.807) is 41.5 Å². The fraction of sp³-hybridized carbons (Fsp3) is 0.846. The third kappa shape index (κ3) is 9.92.